The summed E-state index contributed by atoms with van der Waals surface area (Å²) in [5, 5.41) is 9.10. The molecule has 1 aromatic carbocycles. The highest BCUT2D eigenvalue weighted by molar-refractivity contribution is 6.99. The van der Waals surface area contributed by atoms with Gasteiger partial charge in [0.2, 0.25) is 0 Å². The summed E-state index contributed by atoms with van der Waals surface area (Å²) in [6.45, 7) is 0. The van der Waals surface area contributed by atoms with Crippen LogP contribution in [0, 0.1) is 0 Å². The normalized spacial score (nSPS) is 12.9. The molecule has 0 spiro atoms. The fourth-order valence-electron chi connectivity index (χ4n) is 2.31. The van der Waals surface area contributed by atoms with Gasteiger partial charge in [-0.2, -0.15) is 13.8 Å². The first-order valence-corrected chi connectivity index (χ1v) is 6.88. The van der Waals surface area contributed by atoms with Gasteiger partial charge in [-0.05, 0) is 13.1 Å². The van der Waals surface area contributed by atoms with Crippen LogP contribution in [0.2, 0.25) is 0 Å². The van der Waals surface area contributed by atoms with Crippen molar-refractivity contribution in [2.75, 3.05) is 7.05 Å². The van der Waals surface area contributed by atoms with Crippen LogP contribution in [-0.4, -0.2) is 25.6 Å². The van der Waals surface area contributed by atoms with Crippen LogP contribution in [-0.2, 0) is 13.5 Å². The van der Waals surface area contributed by atoms with Gasteiger partial charge in [-0.3, -0.25) is 4.68 Å². The predicted octanol–water partition coefficient (Wildman–Crippen LogP) is 1.93. The van der Waals surface area contributed by atoms with Crippen molar-refractivity contribution in [2.45, 2.75) is 12.5 Å². The predicted molar refractivity (Wildman–Crippen MR) is 76.1 cm³/mol. The van der Waals surface area contributed by atoms with Crippen LogP contribution in [0.3, 0.4) is 0 Å². The number of aromatic nitrogens is 4. The maximum Gasteiger partial charge on any atom is 0.0916 e. The highest BCUT2D eigenvalue weighted by Gasteiger charge is 2.17. The van der Waals surface area contributed by atoms with E-state index in [1.54, 1.807) is 0 Å². The van der Waals surface area contributed by atoms with Gasteiger partial charge in [-0.25, -0.2) is 0 Å². The van der Waals surface area contributed by atoms with Crippen molar-refractivity contribution in [2.24, 2.45) is 7.05 Å². The average molecular weight is 273 g/mol. The zero-order valence-corrected chi connectivity index (χ0v) is 11.7. The molecule has 0 fully saturated rings. The van der Waals surface area contributed by atoms with Crippen LogP contribution in [0.25, 0.3) is 10.9 Å². The fourth-order valence-corrected chi connectivity index (χ4v) is 2.78. The monoisotopic (exact) mass is 273 g/mol. The Balaban J connectivity index is 1.97. The van der Waals surface area contributed by atoms with Crippen molar-refractivity contribution in [3.63, 3.8) is 0 Å². The van der Waals surface area contributed by atoms with E-state index in [0.717, 1.165) is 23.3 Å². The number of benzene rings is 1. The summed E-state index contributed by atoms with van der Waals surface area (Å²) in [7, 11) is 3.92. The van der Waals surface area contributed by atoms with Crippen LogP contribution < -0.4 is 5.32 Å². The Morgan fingerprint density at radius 1 is 1.37 bits per heavy atom. The number of likely N-dealkylation sites (N-methyl/N-ethyl adjacent to an activating group) is 1. The van der Waals surface area contributed by atoms with E-state index in [4.69, 9.17) is 0 Å². The summed E-state index contributed by atoms with van der Waals surface area (Å²) in [5.41, 5.74) is 3.22. The standard InChI is InChI=1S/C13H15N5S/c1-14-11(12-8-15-19-17-12)7-10-9-5-3-4-6-13(9)18(2)16-10/h3-6,8,11,14H,7H2,1-2H3. The van der Waals surface area contributed by atoms with Crippen molar-refractivity contribution in [3.05, 3.63) is 41.9 Å². The lowest BCUT2D eigenvalue weighted by Crippen LogP contribution is -2.19. The summed E-state index contributed by atoms with van der Waals surface area (Å²) in [4.78, 5) is 0. The number of nitrogens with one attached hydrogen (secondary N) is 1. The zero-order valence-electron chi connectivity index (χ0n) is 10.9. The van der Waals surface area contributed by atoms with E-state index in [0.29, 0.717) is 0 Å². The molecule has 1 N–H and O–H groups in total. The fraction of sp³-hybridized carbons (Fsp3) is 0.308. The summed E-state index contributed by atoms with van der Waals surface area (Å²) in [6, 6.07) is 8.44. The Labute approximate surface area is 115 Å². The van der Waals surface area contributed by atoms with Gasteiger partial charge in [0.15, 0.2) is 0 Å². The third-order valence-electron chi connectivity index (χ3n) is 3.32. The molecule has 0 amide bonds. The molecular weight excluding hydrogens is 258 g/mol. The maximum absolute atomic E-state index is 4.62. The van der Waals surface area contributed by atoms with E-state index >= 15 is 0 Å². The molecule has 6 heteroatoms. The topological polar surface area (TPSA) is 55.6 Å². The van der Waals surface area contributed by atoms with Gasteiger partial charge in [0.1, 0.15) is 0 Å². The quantitative estimate of drug-likeness (QED) is 0.789. The second-order valence-corrected chi connectivity index (χ2v) is 5.02. The Morgan fingerprint density at radius 3 is 2.95 bits per heavy atom. The zero-order chi connectivity index (χ0) is 13.2. The van der Waals surface area contributed by atoms with Crippen molar-refractivity contribution in [3.8, 4) is 0 Å². The van der Waals surface area contributed by atoms with Crippen molar-refractivity contribution in [1.29, 1.82) is 0 Å². The molecule has 2 aromatic heterocycles. The van der Waals surface area contributed by atoms with Crippen molar-refractivity contribution < 1.29 is 0 Å². The largest absolute Gasteiger partial charge is 0.311 e. The van der Waals surface area contributed by atoms with E-state index in [2.05, 4.69) is 31.3 Å². The van der Waals surface area contributed by atoms with Gasteiger partial charge in [0, 0.05) is 18.9 Å². The third kappa shape index (κ3) is 2.24. The second kappa shape index (κ2) is 5.07. The minimum atomic E-state index is 0.150. The van der Waals surface area contributed by atoms with Gasteiger partial charge >= 0.3 is 0 Å². The van der Waals surface area contributed by atoms with Gasteiger partial charge in [0.05, 0.1) is 40.9 Å². The second-order valence-electron chi connectivity index (χ2n) is 4.47. The molecule has 0 saturated carbocycles. The van der Waals surface area contributed by atoms with E-state index in [9.17, 15) is 0 Å². The SMILES string of the molecule is CNC(Cc1nn(C)c2ccccc12)c1cnsn1. The number of rotatable bonds is 4. The molecule has 0 aliphatic rings. The summed E-state index contributed by atoms with van der Waals surface area (Å²) in [5.74, 6) is 0. The molecule has 2 heterocycles. The molecule has 1 atom stereocenters. The lowest BCUT2D eigenvalue weighted by atomic mass is 10.1. The number of fused-ring (bicyclic) bond motifs is 1. The molecule has 19 heavy (non-hydrogen) atoms. The van der Waals surface area contributed by atoms with Crippen molar-refractivity contribution >= 4 is 22.6 Å². The molecule has 5 nitrogen and oxygen atoms in total. The van der Waals surface area contributed by atoms with E-state index in [-0.39, 0.29) is 6.04 Å². The molecule has 98 valence electrons. The molecule has 0 aliphatic heterocycles. The summed E-state index contributed by atoms with van der Waals surface area (Å²) >= 11 is 1.24. The molecule has 3 aromatic rings. The first-order valence-electron chi connectivity index (χ1n) is 6.15. The summed E-state index contributed by atoms with van der Waals surface area (Å²) < 4.78 is 10.3. The van der Waals surface area contributed by atoms with E-state index in [1.807, 2.05) is 37.1 Å². The van der Waals surface area contributed by atoms with Gasteiger partial charge in [-0.15, -0.1) is 0 Å². The molecule has 0 radical (unpaired) electrons. The number of para-hydroxylation sites is 1. The van der Waals surface area contributed by atoms with E-state index in [1.165, 1.54) is 17.1 Å². The summed E-state index contributed by atoms with van der Waals surface area (Å²) in [6.07, 6.45) is 2.63. The third-order valence-corrected chi connectivity index (χ3v) is 3.81. The first kappa shape index (κ1) is 12.3. The molecule has 1 unspecified atom stereocenters. The smallest absolute Gasteiger partial charge is 0.0916 e. The van der Waals surface area contributed by atoms with Gasteiger partial charge in [-0.1, -0.05) is 18.2 Å². The van der Waals surface area contributed by atoms with Crippen LogP contribution in [0.5, 0.6) is 0 Å². The Bertz CT molecular complexity index is 673. The lowest BCUT2D eigenvalue weighted by Gasteiger charge is -2.11. The number of aryl methyl sites for hydroxylation is 1. The lowest BCUT2D eigenvalue weighted by molar-refractivity contribution is 0.569. The molecule has 0 saturated heterocycles. The average Bonchev–Trinajstić information content (AvgIpc) is 3.06. The Morgan fingerprint density at radius 2 is 2.21 bits per heavy atom. The van der Waals surface area contributed by atoms with Crippen LogP contribution in [0.1, 0.15) is 17.4 Å². The van der Waals surface area contributed by atoms with Crippen LogP contribution >= 0.6 is 11.7 Å². The van der Waals surface area contributed by atoms with Gasteiger partial charge in [0.25, 0.3) is 0 Å². The minimum absolute atomic E-state index is 0.150. The molecule has 0 bridgehead atoms. The van der Waals surface area contributed by atoms with Crippen LogP contribution in [0.4, 0.5) is 0 Å². The minimum Gasteiger partial charge on any atom is -0.311 e. The molecule has 3 rings (SSSR count). The highest BCUT2D eigenvalue weighted by Crippen LogP contribution is 2.22. The molecule has 0 aliphatic carbocycles. The Kier molecular flexibility index (Phi) is 3.27. The Hall–Kier alpha value is -1.79. The highest BCUT2D eigenvalue weighted by atomic mass is 32.1. The number of nitrogens with zero attached hydrogens (tertiary/aromatic N) is 4. The van der Waals surface area contributed by atoms with Crippen molar-refractivity contribution in [1.82, 2.24) is 23.8 Å². The first-order chi connectivity index (χ1) is 9.29. The number of hydrogen-bond donors (Lipinski definition) is 1. The van der Waals surface area contributed by atoms with Crippen LogP contribution in [0.15, 0.2) is 30.5 Å². The van der Waals surface area contributed by atoms with Gasteiger partial charge < -0.3 is 5.32 Å². The molecular formula is C13H15N5S. The number of hydrogen-bond acceptors (Lipinski definition) is 5. The van der Waals surface area contributed by atoms with E-state index < -0.39 is 0 Å². The maximum atomic E-state index is 4.62.